The number of carbonyl (C=O) groups is 1. The molecule has 0 aliphatic carbocycles. The van der Waals surface area contributed by atoms with Gasteiger partial charge in [-0.2, -0.15) is 39.5 Å². The molecule has 2 unspecified atom stereocenters. The van der Waals surface area contributed by atoms with Gasteiger partial charge < -0.3 is 10.2 Å². The number of carboxylic acids is 1. The molecule has 0 saturated carbocycles. The van der Waals surface area contributed by atoms with Crippen LogP contribution in [-0.4, -0.2) is 46.2 Å². The second-order valence-electron chi connectivity index (χ2n) is 4.69. The van der Waals surface area contributed by atoms with Crippen LogP contribution in [0.3, 0.4) is 0 Å². The van der Waals surface area contributed by atoms with Crippen LogP contribution >= 0.6 is 0 Å². The van der Waals surface area contributed by atoms with Crippen molar-refractivity contribution in [3.8, 4) is 0 Å². The highest BCUT2D eigenvalue weighted by Crippen LogP contribution is 2.55. The molecule has 0 aliphatic rings. The zero-order valence-corrected chi connectivity index (χ0v) is 11.4. The van der Waals surface area contributed by atoms with Crippen LogP contribution in [-0.2, 0) is 4.79 Å². The van der Waals surface area contributed by atoms with Crippen LogP contribution in [0.2, 0.25) is 0 Å². The third-order valence-corrected chi connectivity index (χ3v) is 2.87. The van der Waals surface area contributed by atoms with E-state index in [9.17, 15) is 44.3 Å². The minimum Gasteiger partial charge on any atom is -0.478 e. The molecule has 0 fully saturated rings. The largest absolute Gasteiger partial charge is 0.478 e. The third kappa shape index (κ3) is 3.72. The Morgan fingerprint density at radius 2 is 1.35 bits per heavy atom. The molecule has 0 bridgehead atoms. The van der Waals surface area contributed by atoms with Gasteiger partial charge in [0.2, 0.25) is 0 Å². The van der Waals surface area contributed by atoms with Gasteiger partial charge in [-0.15, -0.1) is 0 Å². The fraction of sp³-hybridized carbons (Fsp3) is 0.727. The molecular weight excluding hydrogens is 351 g/mol. The Morgan fingerprint density at radius 3 is 1.61 bits per heavy atom. The van der Waals surface area contributed by atoms with Gasteiger partial charge in [0.05, 0.1) is 12.0 Å². The molecule has 23 heavy (non-hydrogen) atoms. The van der Waals surface area contributed by atoms with Gasteiger partial charge in [0.25, 0.3) is 0 Å². The highest BCUT2D eigenvalue weighted by molar-refractivity contribution is 5.85. The summed E-state index contributed by atoms with van der Waals surface area (Å²) in [6.45, 7) is 1.01. The topological polar surface area (TPSA) is 57.5 Å². The first-order chi connectivity index (χ1) is 9.91. The molecule has 0 rings (SSSR count). The molecule has 0 amide bonds. The normalized spacial score (nSPS) is 17.8. The van der Waals surface area contributed by atoms with Gasteiger partial charge in [0, 0.05) is 5.57 Å². The van der Waals surface area contributed by atoms with Crippen molar-refractivity contribution in [1.29, 1.82) is 0 Å². The second-order valence-corrected chi connectivity index (χ2v) is 4.69. The summed E-state index contributed by atoms with van der Waals surface area (Å²) < 4.78 is 115. The minimum atomic E-state index is -7.11. The molecule has 12 heteroatoms. The lowest BCUT2D eigenvalue weighted by molar-refractivity contribution is -0.403. The van der Waals surface area contributed by atoms with E-state index in [-0.39, 0.29) is 6.08 Å². The lowest BCUT2D eigenvalue weighted by atomic mass is 9.86. The molecule has 136 valence electrons. The van der Waals surface area contributed by atoms with Crippen molar-refractivity contribution in [2.75, 3.05) is 0 Å². The van der Waals surface area contributed by atoms with Crippen LogP contribution < -0.4 is 0 Å². The van der Waals surface area contributed by atoms with Crippen LogP contribution in [0, 0.1) is 5.92 Å². The van der Waals surface area contributed by atoms with Crippen LogP contribution in [0.5, 0.6) is 0 Å². The van der Waals surface area contributed by atoms with E-state index in [0.717, 1.165) is 0 Å². The molecule has 3 nitrogen and oxygen atoms in total. The average Bonchev–Trinajstić information content (AvgIpc) is 2.32. The Labute approximate surface area is 123 Å². The number of halogens is 9. The summed E-state index contributed by atoms with van der Waals surface area (Å²) in [6, 6.07) is 0. The van der Waals surface area contributed by atoms with Crippen LogP contribution in [0.15, 0.2) is 11.6 Å². The number of hydrogen-bond donors (Lipinski definition) is 2. The molecule has 0 radical (unpaired) electrons. The van der Waals surface area contributed by atoms with Gasteiger partial charge in [-0.1, -0.05) is 6.08 Å². The molecule has 0 aromatic rings. The predicted molar refractivity (Wildman–Crippen MR) is 57.5 cm³/mol. The molecule has 2 N–H and O–H groups in total. The average molecular weight is 362 g/mol. The lowest BCUT2D eigenvalue weighted by Crippen LogP contribution is -2.64. The number of hydrogen-bond acceptors (Lipinski definition) is 2. The van der Waals surface area contributed by atoms with Crippen molar-refractivity contribution in [2.45, 2.75) is 43.9 Å². The highest BCUT2D eigenvalue weighted by atomic mass is 19.4. The van der Waals surface area contributed by atoms with E-state index >= 15 is 0 Å². The molecule has 2 atom stereocenters. The third-order valence-electron chi connectivity index (χ3n) is 2.87. The molecule has 0 aliphatic heterocycles. The zero-order chi connectivity index (χ0) is 19.0. The van der Waals surface area contributed by atoms with Gasteiger partial charge in [-0.25, -0.2) is 4.79 Å². The Hall–Kier alpha value is -1.46. The van der Waals surface area contributed by atoms with E-state index in [1.165, 1.54) is 0 Å². The maximum atomic E-state index is 13.6. The standard InChI is InChI=1S/C11H11F9O3/c1-4(7(22)23)3-6(5(2)21)8(12,13)9(14,15)10(16,17)11(18,19)20/h3,5-6,21H,1-2H3,(H,22,23). The van der Waals surface area contributed by atoms with Gasteiger partial charge >= 0.3 is 29.9 Å². The number of aliphatic hydroxyl groups excluding tert-OH is 1. The van der Waals surface area contributed by atoms with E-state index in [1.54, 1.807) is 0 Å². The first-order valence-corrected chi connectivity index (χ1v) is 5.71. The van der Waals surface area contributed by atoms with Gasteiger partial charge in [0.15, 0.2) is 0 Å². The lowest BCUT2D eigenvalue weighted by Gasteiger charge is -2.37. The number of rotatable bonds is 6. The summed E-state index contributed by atoms with van der Waals surface area (Å²) in [5.41, 5.74) is -1.05. The van der Waals surface area contributed by atoms with Crippen LogP contribution in [0.25, 0.3) is 0 Å². The Bertz CT molecular complexity index is 480. The number of alkyl halides is 9. The Balaban J connectivity index is 6.17. The van der Waals surface area contributed by atoms with Crippen molar-refractivity contribution in [1.82, 2.24) is 0 Å². The fourth-order valence-corrected chi connectivity index (χ4v) is 1.48. The van der Waals surface area contributed by atoms with Crippen molar-refractivity contribution in [3.05, 3.63) is 11.6 Å². The van der Waals surface area contributed by atoms with Gasteiger partial charge in [0.1, 0.15) is 0 Å². The molecule has 0 saturated heterocycles. The number of aliphatic carboxylic acids is 1. The van der Waals surface area contributed by atoms with Crippen LogP contribution in [0.1, 0.15) is 13.8 Å². The van der Waals surface area contributed by atoms with E-state index in [1.807, 2.05) is 0 Å². The Kier molecular flexibility index (Phi) is 5.81. The smallest absolute Gasteiger partial charge is 0.460 e. The Morgan fingerprint density at radius 1 is 0.957 bits per heavy atom. The van der Waals surface area contributed by atoms with Crippen molar-refractivity contribution < 1.29 is 54.5 Å². The maximum Gasteiger partial charge on any atom is 0.460 e. The van der Waals surface area contributed by atoms with Crippen molar-refractivity contribution in [3.63, 3.8) is 0 Å². The molecule has 0 aromatic carbocycles. The number of aliphatic hydroxyl groups is 1. The SMILES string of the molecule is CC(=CC(C(C)O)C(F)(F)C(F)(F)C(F)(F)C(F)(F)F)C(=O)O. The van der Waals surface area contributed by atoms with E-state index in [4.69, 9.17) is 10.2 Å². The quantitative estimate of drug-likeness (QED) is 0.562. The second kappa shape index (κ2) is 6.21. The zero-order valence-electron chi connectivity index (χ0n) is 11.4. The molecule has 0 aromatic heterocycles. The van der Waals surface area contributed by atoms with E-state index in [0.29, 0.717) is 13.8 Å². The van der Waals surface area contributed by atoms with Crippen molar-refractivity contribution in [2.24, 2.45) is 5.92 Å². The van der Waals surface area contributed by atoms with Gasteiger partial charge in [-0.3, -0.25) is 0 Å². The molecule has 0 spiro atoms. The molecule has 0 heterocycles. The minimum absolute atomic E-state index is 0.201. The molecular formula is C11H11F9O3. The summed E-state index contributed by atoms with van der Waals surface area (Å²) >= 11 is 0. The number of carboxylic acid groups (broad SMARTS) is 1. The monoisotopic (exact) mass is 362 g/mol. The summed E-state index contributed by atoms with van der Waals surface area (Å²) in [4.78, 5) is 10.5. The van der Waals surface area contributed by atoms with E-state index in [2.05, 4.69) is 0 Å². The summed E-state index contributed by atoms with van der Waals surface area (Å²) in [7, 11) is 0. The first kappa shape index (κ1) is 21.5. The maximum absolute atomic E-state index is 13.6. The highest BCUT2D eigenvalue weighted by Gasteiger charge is 2.82. The summed E-state index contributed by atoms with van der Waals surface area (Å²) in [5.74, 6) is -25.4. The predicted octanol–water partition coefficient (Wildman–Crippen LogP) is 3.48. The van der Waals surface area contributed by atoms with Crippen LogP contribution in [0.4, 0.5) is 39.5 Å². The summed E-state index contributed by atoms with van der Waals surface area (Å²) in [5, 5.41) is 17.5. The van der Waals surface area contributed by atoms with Crippen molar-refractivity contribution >= 4 is 5.97 Å². The first-order valence-electron chi connectivity index (χ1n) is 5.71. The summed E-state index contributed by atoms with van der Waals surface area (Å²) in [6.07, 6.45) is -9.74. The van der Waals surface area contributed by atoms with Gasteiger partial charge in [-0.05, 0) is 13.8 Å². The van der Waals surface area contributed by atoms with E-state index < -0.39 is 47.5 Å². The fourth-order valence-electron chi connectivity index (χ4n) is 1.48.